The third-order valence-corrected chi connectivity index (χ3v) is 11.5. The number of aliphatic hydroxyl groups is 1. The molecule has 4 heteroatoms. The molecule has 0 bridgehead atoms. The van der Waals surface area contributed by atoms with Crippen molar-refractivity contribution < 1.29 is 14.3 Å². The van der Waals surface area contributed by atoms with Crippen LogP contribution < -0.4 is 10.4 Å². The molecule has 0 radical (unpaired) electrons. The molecular weight excluding hydrogens is 400 g/mol. The largest absolute Gasteiger partial charge is 0.399 e. The number of rotatable bonds is 5. The molecule has 1 aliphatic rings. The summed E-state index contributed by atoms with van der Waals surface area (Å²) in [4.78, 5) is 0. The Labute approximate surface area is 186 Å². The maximum Gasteiger partial charge on any atom is 0.261 e. The molecule has 4 rings (SSSR count). The summed E-state index contributed by atoms with van der Waals surface area (Å²) in [6.07, 6.45) is -1.59. The van der Waals surface area contributed by atoms with Gasteiger partial charge in [-0.15, -0.1) is 0 Å². The second-order valence-corrected chi connectivity index (χ2v) is 13.7. The van der Waals surface area contributed by atoms with Crippen molar-refractivity contribution in [1.29, 1.82) is 0 Å². The zero-order valence-electron chi connectivity index (χ0n) is 18.7. The summed E-state index contributed by atoms with van der Waals surface area (Å²) in [5.41, 5.74) is 1.07. The van der Waals surface area contributed by atoms with E-state index in [1.54, 1.807) is 0 Å². The van der Waals surface area contributed by atoms with Crippen LogP contribution in [0.15, 0.2) is 91.0 Å². The van der Waals surface area contributed by atoms with Crippen LogP contribution in [0.1, 0.15) is 39.4 Å². The molecule has 3 aromatic carbocycles. The van der Waals surface area contributed by atoms with E-state index in [2.05, 4.69) is 88.4 Å². The van der Waals surface area contributed by atoms with Gasteiger partial charge in [0.15, 0.2) is 6.29 Å². The predicted molar refractivity (Wildman–Crippen MR) is 128 cm³/mol. The maximum absolute atomic E-state index is 11.0. The fourth-order valence-electron chi connectivity index (χ4n) is 4.87. The Hall–Kier alpha value is -2.24. The first-order valence-corrected chi connectivity index (χ1v) is 12.9. The van der Waals surface area contributed by atoms with Gasteiger partial charge in [0.25, 0.3) is 8.32 Å². The molecule has 162 valence electrons. The molecule has 1 fully saturated rings. The average molecular weight is 433 g/mol. The molecule has 1 heterocycles. The summed E-state index contributed by atoms with van der Waals surface area (Å²) < 4.78 is 13.2. The molecule has 0 amide bonds. The van der Waals surface area contributed by atoms with E-state index in [-0.39, 0.29) is 17.1 Å². The lowest BCUT2D eigenvalue weighted by Gasteiger charge is -2.45. The minimum absolute atomic E-state index is 0.0130. The van der Waals surface area contributed by atoms with E-state index in [4.69, 9.17) is 9.16 Å². The van der Waals surface area contributed by atoms with Gasteiger partial charge in [-0.25, -0.2) is 0 Å². The van der Waals surface area contributed by atoms with Crippen molar-refractivity contribution in [1.82, 2.24) is 0 Å². The predicted octanol–water partition coefficient (Wildman–Crippen LogP) is 4.66. The number of benzene rings is 3. The average Bonchev–Trinajstić information content (AvgIpc) is 3.06. The smallest absolute Gasteiger partial charge is 0.261 e. The highest BCUT2D eigenvalue weighted by atomic mass is 28.4. The second-order valence-electron chi connectivity index (χ2n) is 9.46. The third-order valence-electron chi connectivity index (χ3n) is 6.42. The van der Waals surface area contributed by atoms with E-state index in [1.807, 2.05) is 30.3 Å². The van der Waals surface area contributed by atoms with Gasteiger partial charge in [0, 0.05) is 5.92 Å². The lowest BCUT2D eigenvalue weighted by molar-refractivity contribution is -0.124. The molecule has 0 saturated carbocycles. The van der Waals surface area contributed by atoms with Gasteiger partial charge >= 0.3 is 0 Å². The molecule has 4 atom stereocenters. The lowest BCUT2D eigenvalue weighted by Crippen LogP contribution is -2.68. The number of hydrogen-bond donors (Lipinski definition) is 1. The number of ether oxygens (including phenoxy) is 1. The van der Waals surface area contributed by atoms with Crippen LogP contribution in [0.3, 0.4) is 0 Å². The maximum atomic E-state index is 11.0. The van der Waals surface area contributed by atoms with Gasteiger partial charge in [0.1, 0.15) is 6.10 Å². The van der Waals surface area contributed by atoms with Crippen molar-refractivity contribution in [3.8, 4) is 0 Å². The molecule has 1 aliphatic heterocycles. The summed E-state index contributed by atoms with van der Waals surface area (Å²) in [5.74, 6) is 0.0130. The van der Waals surface area contributed by atoms with Crippen molar-refractivity contribution in [2.24, 2.45) is 5.92 Å². The van der Waals surface area contributed by atoms with Crippen LogP contribution in [0.4, 0.5) is 0 Å². The Bertz CT molecular complexity index is 930. The Morgan fingerprint density at radius 1 is 0.774 bits per heavy atom. The van der Waals surface area contributed by atoms with Gasteiger partial charge in [0.05, 0.1) is 6.10 Å². The van der Waals surface area contributed by atoms with Crippen LogP contribution in [0.2, 0.25) is 5.04 Å². The fourth-order valence-corrected chi connectivity index (χ4v) is 9.62. The van der Waals surface area contributed by atoms with Crippen LogP contribution in [0.25, 0.3) is 0 Å². The van der Waals surface area contributed by atoms with Crippen LogP contribution in [-0.2, 0) is 9.16 Å². The van der Waals surface area contributed by atoms with Crippen molar-refractivity contribution in [2.75, 3.05) is 0 Å². The Kier molecular flexibility index (Phi) is 6.17. The fraction of sp³-hybridized carbons (Fsp3) is 0.333. The molecular formula is C27H32O3Si. The summed E-state index contributed by atoms with van der Waals surface area (Å²) in [6, 6.07) is 31.2. The van der Waals surface area contributed by atoms with Gasteiger partial charge < -0.3 is 14.3 Å². The van der Waals surface area contributed by atoms with E-state index >= 15 is 0 Å². The normalized spacial score (nSPS) is 24.3. The van der Waals surface area contributed by atoms with Gasteiger partial charge in [0.2, 0.25) is 0 Å². The molecule has 1 saturated heterocycles. The minimum atomic E-state index is -2.77. The van der Waals surface area contributed by atoms with Gasteiger partial charge in [-0.3, -0.25) is 0 Å². The molecule has 1 N–H and O–H groups in total. The first-order valence-electron chi connectivity index (χ1n) is 11.0. The van der Waals surface area contributed by atoms with Gasteiger partial charge in [-0.05, 0) is 21.0 Å². The third kappa shape index (κ3) is 4.01. The first kappa shape index (κ1) is 22.0. The summed E-state index contributed by atoms with van der Waals surface area (Å²) in [7, 11) is -2.77. The Balaban J connectivity index is 1.80. The molecule has 3 nitrogen and oxygen atoms in total. The second kappa shape index (κ2) is 8.71. The number of aliphatic hydroxyl groups excluding tert-OH is 1. The van der Waals surface area contributed by atoms with Crippen LogP contribution in [0, 0.1) is 5.92 Å². The first-order chi connectivity index (χ1) is 14.8. The molecule has 0 aromatic heterocycles. The zero-order valence-corrected chi connectivity index (χ0v) is 19.7. The van der Waals surface area contributed by atoms with E-state index in [1.165, 1.54) is 10.4 Å². The lowest BCUT2D eigenvalue weighted by atomic mass is 9.95. The van der Waals surface area contributed by atoms with E-state index < -0.39 is 20.7 Å². The van der Waals surface area contributed by atoms with Gasteiger partial charge in [-0.2, -0.15) is 0 Å². The summed E-state index contributed by atoms with van der Waals surface area (Å²) >= 11 is 0. The standard InChI is InChI=1S/C27H32O3Si/c1-20-24(21-14-8-5-9-15-21)29-26(28)25(20)30-31(27(2,3)4,22-16-10-6-11-17-22)23-18-12-7-13-19-23/h5-20,24-26,28H,1-4H3/t20-,24-,25+,26?/m1/s1. The molecule has 0 aliphatic carbocycles. The highest BCUT2D eigenvalue weighted by molar-refractivity contribution is 6.99. The number of hydrogen-bond acceptors (Lipinski definition) is 3. The van der Waals surface area contributed by atoms with Crippen molar-refractivity contribution in [3.05, 3.63) is 96.6 Å². The monoisotopic (exact) mass is 432 g/mol. The molecule has 31 heavy (non-hydrogen) atoms. The summed E-state index contributed by atoms with van der Waals surface area (Å²) in [5, 5.41) is 13.2. The molecule has 3 aromatic rings. The Morgan fingerprint density at radius 3 is 1.68 bits per heavy atom. The Morgan fingerprint density at radius 2 is 1.23 bits per heavy atom. The SMILES string of the molecule is C[C@H]1[C@H](O[Si](c2ccccc2)(c2ccccc2)C(C)(C)C)C(O)O[C@H]1c1ccccc1. The van der Waals surface area contributed by atoms with Gasteiger partial charge in [-0.1, -0.05) is 119 Å². The minimum Gasteiger partial charge on any atom is -0.399 e. The topological polar surface area (TPSA) is 38.7 Å². The summed E-state index contributed by atoms with van der Waals surface area (Å²) in [6.45, 7) is 8.87. The molecule has 1 unspecified atom stereocenters. The van der Waals surface area contributed by atoms with Crippen molar-refractivity contribution >= 4 is 18.7 Å². The van der Waals surface area contributed by atoms with Crippen molar-refractivity contribution in [2.45, 2.75) is 51.2 Å². The van der Waals surface area contributed by atoms with Crippen LogP contribution in [-0.4, -0.2) is 25.8 Å². The molecule has 0 spiro atoms. The van der Waals surface area contributed by atoms with E-state index in [9.17, 15) is 5.11 Å². The quantitative estimate of drug-likeness (QED) is 0.596. The van der Waals surface area contributed by atoms with E-state index in [0.717, 1.165) is 5.56 Å². The zero-order chi connectivity index (χ0) is 22.1. The highest BCUT2D eigenvalue weighted by Gasteiger charge is 2.55. The van der Waals surface area contributed by atoms with Crippen molar-refractivity contribution in [3.63, 3.8) is 0 Å². The van der Waals surface area contributed by atoms with Crippen LogP contribution in [0.5, 0.6) is 0 Å². The highest BCUT2D eigenvalue weighted by Crippen LogP contribution is 2.44. The van der Waals surface area contributed by atoms with E-state index in [0.29, 0.717) is 0 Å². The van der Waals surface area contributed by atoms with Crippen LogP contribution >= 0.6 is 0 Å².